The van der Waals surface area contributed by atoms with Gasteiger partial charge in [-0.05, 0) is 31.0 Å². The van der Waals surface area contributed by atoms with Crippen LogP contribution in [-0.2, 0) is 16.0 Å². The number of methoxy groups -OCH3 is 1. The summed E-state index contributed by atoms with van der Waals surface area (Å²) in [6.07, 6.45) is 0.000940. The van der Waals surface area contributed by atoms with Crippen molar-refractivity contribution in [3.63, 3.8) is 0 Å². The third kappa shape index (κ3) is 3.55. The van der Waals surface area contributed by atoms with E-state index in [-0.39, 0.29) is 6.61 Å². The van der Waals surface area contributed by atoms with E-state index < -0.39 is 12.1 Å². The maximum atomic E-state index is 11.1. The lowest BCUT2D eigenvalue weighted by Gasteiger charge is -2.12. The summed E-state index contributed by atoms with van der Waals surface area (Å²) < 4.78 is 9.91. The van der Waals surface area contributed by atoms with Crippen LogP contribution >= 0.6 is 0 Å². The molecule has 0 spiro atoms. The second-order valence-electron chi connectivity index (χ2n) is 3.40. The van der Waals surface area contributed by atoms with E-state index in [1.165, 1.54) is 7.11 Å². The standard InChI is InChI=1S/C12H16O4/c1-9(12(14)15-2)16-11-5-3-10(4-6-11)7-8-13/h3-6,9,13H,7-8H2,1-2H3. The van der Waals surface area contributed by atoms with E-state index in [1.807, 2.05) is 12.1 Å². The Morgan fingerprint density at radius 3 is 2.50 bits per heavy atom. The van der Waals surface area contributed by atoms with Crippen molar-refractivity contribution >= 4 is 5.97 Å². The summed E-state index contributed by atoms with van der Waals surface area (Å²) in [6.45, 7) is 1.76. The average Bonchev–Trinajstić information content (AvgIpc) is 2.31. The molecule has 4 nitrogen and oxygen atoms in total. The van der Waals surface area contributed by atoms with Gasteiger partial charge in [0.1, 0.15) is 5.75 Å². The minimum atomic E-state index is -0.617. The molecular weight excluding hydrogens is 208 g/mol. The number of rotatable bonds is 5. The van der Waals surface area contributed by atoms with Crippen LogP contribution in [0.4, 0.5) is 0 Å². The van der Waals surface area contributed by atoms with Crippen LogP contribution in [0.15, 0.2) is 24.3 Å². The first-order valence-corrected chi connectivity index (χ1v) is 5.11. The summed E-state index contributed by atoms with van der Waals surface area (Å²) in [5, 5.41) is 8.75. The number of aliphatic hydroxyl groups excluding tert-OH is 1. The Morgan fingerprint density at radius 1 is 1.38 bits per heavy atom. The molecule has 0 aliphatic heterocycles. The number of carbonyl (C=O) groups is 1. The van der Waals surface area contributed by atoms with Gasteiger partial charge in [0.15, 0.2) is 6.10 Å². The fourth-order valence-electron chi connectivity index (χ4n) is 1.28. The van der Waals surface area contributed by atoms with Gasteiger partial charge in [-0.2, -0.15) is 0 Å². The van der Waals surface area contributed by atoms with Crippen LogP contribution in [0.3, 0.4) is 0 Å². The topological polar surface area (TPSA) is 55.8 Å². The van der Waals surface area contributed by atoms with Crippen LogP contribution in [0, 0.1) is 0 Å². The van der Waals surface area contributed by atoms with Gasteiger partial charge in [-0.1, -0.05) is 12.1 Å². The SMILES string of the molecule is COC(=O)C(C)Oc1ccc(CCO)cc1. The molecule has 88 valence electrons. The molecule has 0 aliphatic carbocycles. The summed E-state index contributed by atoms with van der Waals surface area (Å²) in [5.74, 6) is 0.207. The van der Waals surface area contributed by atoms with Crippen molar-refractivity contribution in [2.75, 3.05) is 13.7 Å². The Morgan fingerprint density at radius 2 is 2.00 bits per heavy atom. The smallest absolute Gasteiger partial charge is 0.346 e. The Hall–Kier alpha value is -1.55. The number of hydrogen-bond donors (Lipinski definition) is 1. The first-order valence-electron chi connectivity index (χ1n) is 5.11. The van der Waals surface area contributed by atoms with Crippen molar-refractivity contribution in [2.45, 2.75) is 19.4 Å². The Bertz CT molecular complexity index is 331. The second-order valence-corrected chi connectivity index (χ2v) is 3.40. The van der Waals surface area contributed by atoms with Crippen LogP contribution in [0.5, 0.6) is 5.75 Å². The van der Waals surface area contributed by atoms with Crippen molar-refractivity contribution in [1.29, 1.82) is 0 Å². The molecule has 1 unspecified atom stereocenters. The molecule has 0 aromatic heterocycles. The zero-order chi connectivity index (χ0) is 12.0. The van der Waals surface area contributed by atoms with E-state index in [0.29, 0.717) is 12.2 Å². The normalized spacial score (nSPS) is 11.9. The fourth-order valence-corrected chi connectivity index (χ4v) is 1.28. The zero-order valence-electron chi connectivity index (χ0n) is 9.47. The molecule has 0 saturated carbocycles. The van der Waals surface area contributed by atoms with Gasteiger partial charge in [-0.15, -0.1) is 0 Å². The largest absolute Gasteiger partial charge is 0.479 e. The summed E-state index contributed by atoms with van der Waals surface area (Å²) >= 11 is 0. The maximum Gasteiger partial charge on any atom is 0.346 e. The highest BCUT2D eigenvalue weighted by Gasteiger charge is 2.14. The summed E-state index contributed by atoms with van der Waals surface area (Å²) in [7, 11) is 1.33. The van der Waals surface area contributed by atoms with Crippen molar-refractivity contribution in [2.24, 2.45) is 0 Å². The Balaban J connectivity index is 2.58. The third-order valence-corrected chi connectivity index (χ3v) is 2.17. The molecule has 0 bridgehead atoms. The van der Waals surface area contributed by atoms with Gasteiger partial charge in [-0.25, -0.2) is 4.79 Å². The van der Waals surface area contributed by atoms with Gasteiger partial charge in [-0.3, -0.25) is 0 Å². The number of hydrogen-bond acceptors (Lipinski definition) is 4. The van der Waals surface area contributed by atoms with Gasteiger partial charge in [0.2, 0.25) is 0 Å². The Labute approximate surface area is 94.8 Å². The van der Waals surface area contributed by atoms with Crippen molar-refractivity contribution in [1.82, 2.24) is 0 Å². The molecule has 1 aromatic carbocycles. The Kier molecular flexibility index (Phi) is 4.79. The van der Waals surface area contributed by atoms with Gasteiger partial charge >= 0.3 is 5.97 Å². The monoisotopic (exact) mass is 224 g/mol. The summed E-state index contributed by atoms with van der Waals surface area (Å²) in [6, 6.07) is 7.25. The van der Waals surface area contributed by atoms with E-state index in [2.05, 4.69) is 4.74 Å². The van der Waals surface area contributed by atoms with Crippen molar-refractivity contribution in [3.8, 4) is 5.75 Å². The second kappa shape index (κ2) is 6.12. The van der Waals surface area contributed by atoms with Gasteiger partial charge in [0, 0.05) is 6.61 Å². The van der Waals surface area contributed by atoms with Gasteiger partial charge in [0.25, 0.3) is 0 Å². The first-order chi connectivity index (χ1) is 7.67. The third-order valence-electron chi connectivity index (χ3n) is 2.17. The highest BCUT2D eigenvalue weighted by atomic mass is 16.6. The summed E-state index contributed by atoms with van der Waals surface area (Å²) in [4.78, 5) is 11.1. The van der Waals surface area contributed by atoms with Crippen molar-refractivity contribution < 1.29 is 19.4 Å². The van der Waals surface area contributed by atoms with Crippen LogP contribution in [0.25, 0.3) is 0 Å². The quantitative estimate of drug-likeness (QED) is 0.762. The lowest BCUT2D eigenvalue weighted by atomic mass is 10.1. The number of benzene rings is 1. The average molecular weight is 224 g/mol. The highest BCUT2D eigenvalue weighted by molar-refractivity contribution is 5.74. The maximum absolute atomic E-state index is 11.1. The molecule has 1 atom stereocenters. The van der Waals surface area contributed by atoms with E-state index in [0.717, 1.165) is 5.56 Å². The van der Waals surface area contributed by atoms with E-state index in [1.54, 1.807) is 19.1 Å². The van der Waals surface area contributed by atoms with E-state index >= 15 is 0 Å². The predicted molar refractivity (Wildman–Crippen MR) is 59.3 cm³/mol. The minimum absolute atomic E-state index is 0.124. The molecule has 16 heavy (non-hydrogen) atoms. The van der Waals surface area contributed by atoms with Gasteiger partial charge in [0.05, 0.1) is 7.11 Å². The van der Waals surface area contributed by atoms with Gasteiger partial charge < -0.3 is 14.6 Å². The first kappa shape index (κ1) is 12.5. The molecule has 0 amide bonds. The lowest BCUT2D eigenvalue weighted by Crippen LogP contribution is -2.24. The number of esters is 1. The molecule has 0 aliphatic rings. The minimum Gasteiger partial charge on any atom is -0.479 e. The molecule has 0 saturated heterocycles. The highest BCUT2D eigenvalue weighted by Crippen LogP contribution is 2.14. The van der Waals surface area contributed by atoms with E-state index in [9.17, 15) is 4.79 Å². The number of ether oxygens (including phenoxy) is 2. The number of aliphatic hydroxyl groups is 1. The molecular formula is C12H16O4. The van der Waals surface area contributed by atoms with Crippen LogP contribution in [0.2, 0.25) is 0 Å². The van der Waals surface area contributed by atoms with Crippen LogP contribution < -0.4 is 4.74 Å². The molecule has 1 rings (SSSR count). The molecule has 1 aromatic rings. The van der Waals surface area contributed by atoms with Crippen molar-refractivity contribution in [3.05, 3.63) is 29.8 Å². The lowest BCUT2D eigenvalue weighted by molar-refractivity contribution is -0.147. The van der Waals surface area contributed by atoms with Crippen LogP contribution in [-0.4, -0.2) is 30.9 Å². The van der Waals surface area contributed by atoms with E-state index in [4.69, 9.17) is 9.84 Å². The summed E-state index contributed by atoms with van der Waals surface area (Å²) in [5.41, 5.74) is 1.03. The molecule has 0 radical (unpaired) electrons. The number of carbonyl (C=O) groups excluding carboxylic acids is 1. The van der Waals surface area contributed by atoms with Crippen LogP contribution in [0.1, 0.15) is 12.5 Å². The molecule has 4 heteroatoms. The fraction of sp³-hybridized carbons (Fsp3) is 0.417. The molecule has 0 fully saturated rings. The zero-order valence-corrected chi connectivity index (χ0v) is 9.47. The molecule has 0 heterocycles. The predicted octanol–water partition coefficient (Wildman–Crippen LogP) is 1.16. The molecule has 1 N–H and O–H groups in total.